The van der Waals surface area contributed by atoms with Crippen LogP contribution in [0.5, 0.6) is 0 Å². The average molecular weight is 281 g/mol. The highest BCUT2D eigenvalue weighted by molar-refractivity contribution is 9.09. The van der Waals surface area contributed by atoms with Gasteiger partial charge in [-0.15, -0.1) is 0 Å². The smallest absolute Gasteiger partial charge is 0.0232 e. The number of fused-ring (bicyclic) bond motifs is 1. The van der Waals surface area contributed by atoms with Gasteiger partial charge < -0.3 is 0 Å². The van der Waals surface area contributed by atoms with Crippen molar-refractivity contribution in [3.05, 3.63) is 35.5 Å². The molecule has 0 N–H and O–H groups in total. The summed E-state index contributed by atoms with van der Waals surface area (Å²) in [5.74, 6) is 1.99. The summed E-state index contributed by atoms with van der Waals surface area (Å²) in [6.07, 6.45) is 7.16. The quantitative estimate of drug-likeness (QED) is 0.500. The van der Waals surface area contributed by atoms with Crippen molar-refractivity contribution in [1.82, 2.24) is 0 Å². The summed E-state index contributed by atoms with van der Waals surface area (Å²) in [5, 5.41) is 0. The Morgan fingerprint density at radius 3 is 2.75 bits per heavy atom. The van der Waals surface area contributed by atoms with Gasteiger partial charge in [0.05, 0.1) is 0 Å². The molecule has 0 saturated heterocycles. The van der Waals surface area contributed by atoms with Crippen molar-refractivity contribution in [3.63, 3.8) is 0 Å². The van der Waals surface area contributed by atoms with Gasteiger partial charge in [0, 0.05) is 10.7 Å². The van der Waals surface area contributed by atoms with Gasteiger partial charge in [0.15, 0.2) is 0 Å². The SMILES string of the molecule is C=C1CC=C2C(C)=C[C@@H]([C@H](Br)C(C)C)CC12. The topological polar surface area (TPSA) is 0 Å². The van der Waals surface area contributed by atoms with E-state index in [2.05, 4.69) is 55.4 Å². The molecule has 16 heavy (non-hydrogen) atoms. The van der Waals surface area contributed by atoms with E-state index in [-0.39, 0.29) is 0 Å². The van der Waals surface area contributed by atoms with Gasteiger partial charge >= 0.3 is 0 Å². The van der Waals surface area contributed by atoms with Gasteiger partial charge in [-0.25, -0.2) is 0 Å². The molecule has 0 aromatic rings. The minimum Gasteiger partial charge on any atom is -0.0989 e. The fourth-order valence-electron chi connectivity index (χ4n) is 2.95. The number of rotatable bonds is 2. The molecule has 0 fully saturated rings. The highest BCUT2D eigenvalue weighted by Gasteiger charge is 2.33. The third kappa shape index (κ3) is 2.07. The summed E-state index contributed by atoms with van der Waals surface area (Å²) in [6, 6.07) is 0. The van der Waals surface area contributed by atoms with Crippen LogP contribution in [0.2, 0.25) is 0 Å². The third-order valence-corrected chi connectivity index (χ3v) is 5.66. The van der Waals surface area contributed by atoms with E-state index in [9.17, 15) is 0 Å². The van der Waals surface area contributed by atoms with Crippen molar-refractivity contribution in [2.75, 3.05) is 0 Å². The number of halogens is 1. The lowest BCUT2D eigenvalue weighted by molar-refractivity contribution is 0.428. The Bertz CT molecular complexity index is 360. The molecule has 0 spiro atoms. The van der Waals surface area contributed by atoms with E-state index < -0.39 is 0 Å². The molecule has 2 rings (SSSR count). The zero-order valence-electron chi connectivity index (χ0n) is 10.5. The van der Waals surface area contributed by atoms with Crippen molar-refractivity contribution in [2.24, 2.45) is 17.8 Å². The molecule has 2 aliphatic rings. The maximum Gasteiger partial charge on any atom is 0.0232 e. The van der Waals surface area contributed by atoms with E-state index >= 15 is 0 Å². The third-order valence-electron chi connectivity index (χ3n) is 3.93. The molecular weight excluding hydrogens is 260 g/mol. The second kappa shape index (κ2) is 4.52. The number of alkyl halides is 1. The van der Waals surface area contributed by atoms with Gasteiger partial charge in [0.25, 0.3) is 0 Å². The van der Waals surface area contributed by atoms with Crippen molar-refractivity contribution in [3.8, 4) is 0 Å². The summed E-state index contributed by atoms with van der Waals surface area (Å²) >= 11 is 3.85. The monoisotopic (exact) mass is 280 g/mol. The zero-order chi connectivity index (χ0) is 11.9. The fourth-order valence-corrected chi connectivity index (χ4v) is 3.32. The highest BCUT2D eigenvalue weighted by atomic mass is 79.9. The lowest BCUT2D eigenvalue weighted by atomic mass is 9.76. The molecule has 0 heterocycles. The van der Waals surface area contributed by atoms with Crippen LogP contribution >= 0.6 is 15.9 Å². The molecular formula is C15H21Br. The predicted octanol–water partition coefficient (Wildman–Crippen LogP) is 4.87. The molecule has 0 aliphatic heterocycles. The first-order valence-corrected chi connectivity index (χ1v) is 7.13. The van der Waals surface area contributed by atoms with Crippen LogP contribution in [0.1, 0.15) is 33.6 Å². The van der Waals surface area contributed by atoms with E-state index in [1.54, 1.807) is 5.57 Å². The lowest BCUT2D eigenvalue weighted by Crippen LogP contribution is -2.25. The molecule has 0 amide bonds. The average Bonchev–Trinajstić information content (AvgIpc) is 2.60. The van der Waals surface area contributed by atoms with Crippen molar-refractivity contribution >= 4 is 15.9 Å². The Morgan fingerprint density at radius 2 is 2.12 bits per heavy atom. The molecule has 3 atom stereocenters. The Kier molecular flexibility index (Phi) is 3.44. The Morgan fingerprint density at radius 1 is 1.44 bits per heavy atom. The Labute approximate surface area is 108 Å². The molecule has 0 saturated carbocycles. The lowest BCUT2D eigenvalue weighted by Gasteiger charge is -2.32. The molecule has 0 bridgehead atoms. The number of hydrogen-bond donors (Lipinski definition) is 0. The van der Waals surface area contributed by atoms with Gasteiger partial charge in [0.1, 0.15) is 0 Å². The van der Waals surface area contributed by atoms with Crippen molar-refractivity contribution in [1.29, 1.82) is 0 Å². The van der Waals surface area contributed by atoms with Crippen LogP contribution in [-0.2, 0) is 0 Å². The van der Waals surface area contributed by atoms with Gasteiger partial charge in [-0.2, -0.15) is 0 Å². The maximum absolute atomic E-state index is 4.22. The Balaban J connectivity index is 2.22. The van der Waals surface area contributed by atoms with E-state index in [1.165, 1.54) is 17.6 Å². The predicted molar refractivity (Wildman–Crippen MR) is 74.7 cm³/mol. The second-order valence-corrected chi connectivity index (χ2v) is 6.57. The first kappa shape index (κ1) is 12.2. The molecule has 88 valence electrons. The number of allylic oxidation sites excluding steroid dienone is 5. The molecule has 1 unspecified atom stereocenters. The van der Waals surface area contributed by atoms with Gasteiger partial charge in [-0.05, 0) is 37.2 Å². The van der Waals surface area contributed by atoms with Gasteiger partial charge in [-0.1, -0.05) is 59.7 Å². The molecule has 1 heteroatoms. The van der Waals surface area contributed by atoms with E-state index in [1.807, 2.05) is 0 Å². The summed E-state index contributed by atoms with van der Waals surface area (Å²) in [5.41, 5.74) is 4.44. The van der Waals surface area contributed by atoms with E-state index in [0.717, 1.165) is 6.42 Å². The molecule has 0 radical (unpaired) electrons. The zero-order valence-corrected chi connectivity index (χ0v) is 12.0. The number of hydrogen-bond acceptors (Lipinski definition) is 0. The van der Waals surface area contributed by atoms with Crippen LogP contribution < -0.4 is 0 Å². The van der Waals surface area contributed by atoms with Crippen LogP contribution in [0.3, 0.4) is 0 Å². The molecule has 0 aromatic carbocycles. The summed E-state index contributed by atoms with van der Waals surface area (Å²) in [6.45, 7) is 11.0. The summed E-state index contributed by atoms with van der Waals surface area (Å²) in [4.78, 5) is 0.595. The van der Waals surface area contributed by atoms with Crippen molar-refractivity contribution in [2.45, 2.75) is 38.4 Å². The van der Waals surface area contributed by atoms with Crippen LogP contribution in [0.15, 0.2) is 35.5 Å². The molecule has 0 aromatic heterocycles. The summed E-state index contributed by atoms with van der Waals surface area (Å²) < 4.78 is 0. The first-order valence-electron chi connectivity index (χ1n) is 6.21. The minimum atomic E-state index is 0.595. The fraction of sp³-hybridized carbons (Fsp3) is 0.600. The first-order chi connectivity index (χ1) is 7.50. The van der Waals surface area contributed by atoms with Crippen LogP contribution in [-0.4, -0.2) is 4.83 Å². The van der Waals surface area contributed by atoms with Gasteiger partial charge in [-0.3, -0.25) is 0 Å². The minimum absolute atomic E-state index is 0.595. The second-order valence-electron chi connectivity index (χ2n) is 5.51. The normalized spacial score (nSPS) is 31.2. The Hall–Kier alpha value is -0.300. The molecule has 0 nitrogen and oxygen atoms in total. The van der Waals surface area contributed by atoms with Gasteiger partial charge in [0.2, 0.25) is 0 Å². The van der Waals surface area contributed by atoms with Crippen LogP contribution in [0.25, 0.3) is 0 Å². The highest BCUT2D eigenvalue weighted by Crippen LogP contribution is 2.45. The maximum atomic E-state index is 4.22. The van der Waals surface area contributed by atoms with Crippen LogP contribution in [0.4, 0.5) is 0 Å². The largest absolute Gasteiger partial charge is 0.0989 e. The van der Waals surface area contributed by atoms with E-state index in [0.29, 0.717) is 22.6 Å². The standard InChI is InChI=1S/C15H21Br/c1-9(2)15(16)12-7-11(4)13-6-5-10(3)14(13)8-12/h6-7,9,12,14-15H,3,5,8H2,1-2,4H3/t12-,14?,15-/m1/s1. The summed E-state index contributed by atoms with van der Waals surface area (Å²) in [7, 11) is 0. The van der Waals surface area contributed by atoms with Crippen molar-refractivity contribution < 1.29 is 0 Å². The molecule has 2 aliphatic carbocycles. The van der Waals surface area contributed by atoms with Crippen LogP contribution in [0, 0.1) is 17.8 Å². The van der Waals surface area contributed by atoms with E-state index in [4.69, 9.17) is 0 Å².